The van der Waals surface area contributed by atoms with Gasteiger partial charge in [-0.3, -0.25) is 9.59 Å². The Morgan fingerprint density at radius 3 is 2.79 bits per heavy atom. The number of hydrogen-bond donors (Lipinski definition) is 3. The number of carboxylic acids is 1. The fourth-order valence-electron chi connectivity index (χ4n) is 1.63. The van der Waals surface area contributed by atoms with Gasteiger partial charge in [-0.25, -0.2) is 4.79 Å². The smallest absolute Gasteiger partial charge is 0.326 e. The highest BCUT2D eigenvalue weighted by Crippen LogP contribution is 2.01. The van der Waals surface area contributed by atoms with Crippen LogP contribution in [0.15, 0.2) is 0 Å². The zero-order valence-corrected chi connectivity index (χ0v) is 10.7. The van der Waals surface area contributed by atoms with E-state index in [1.165, 1.54) is 7.11 Å². The van der Waals surface area contributed by atoms with Crippen LogP contribution in [0.25, 0.3) is 0 Å². The van der Waals surface area contributed by atoms with Crippen molar-refractivity contribution in [1.29, 1.82) is 0 Å². The molecule has 0 radical (unpaired) electrons. The van der Waals surface area contributed by atoms with Crippen molar-refractivity contribution in [3.05, 3.63) is 0 Å². The second-order valence-electron chi connectivity index (χ2n) is 4.10. The Hall–Kier alpha value is -1.67. The van der Waals surface area contributed by atoms with E-state index in [1.54, 1.807) is 0 Å². The molecule has 1 fully saturated rings. The average molecular weight is 274 g/mol. The minimum Gasteiger partial charge on any atom is -0.480 e. The van der Waals surface area contributed by atoms with E-state index in [0.29, 0.717) is 13.2 Å². The number of carbonyl (C=O) groups excluding carboxylic acids is 2. The molecule has 108 valence electrons. The number of nitrogens with one attached hydrogen (secondary N) is 2. The summed E-state index contributed by atoms with van der Waals surface area (Å²) in [5, 5.41) is 14.3. The number of esters is 1. The van der Waals surface area contributed by atoms with E-state index in [4.69, 9.17) is 9.84 Å². The van der Waals surface area contributed by atoms with Crippen LogP contribution in [0.5, 0.6) is 0 Å². The van der Waals surface area contributed by atoms with Gasteiger partial charge in [0, 0.05) is 13.0 Å². The predicted octanol–water partition coefficient (Wildman–Crippen LogP) is -1.50. The SMILES string of the molecule is COC(=O)CC[C@H](NC(=O)C1COCCN1)C(=O)O. The highest BCUT2D eigenvalue weighted by Gasteiger charge is 2.27. The summed E-state index contributed by atoms with van der Waals surface area (Å²) in [6.45, 7) is 1.27. The maximum absolute atomic E-state index is 11.8. The number of rotatable bonds is 6. The molecule has 1 unspecified atom stereocenters. The normalized spacial score (nSPS) is 20.4. The monoisotopic (exact) mass is 274 g/mol. The van der Waals surface area contributed by atoms with Crippen LogP contribution in [0.2, 0.25) is 0 Å². The summed E-state index contributed by atoms with van der Waals surface area (Å²) in [6.07, 6.45) is -0.0797. The molecule has 3 N–H and O–H groups in total. The topological polar surface area (TPSA) is 114 Å². The van der Waals surface area contributed by atoms with E-state index >= 15 is 0 Å². The lowest BCUT2D eigenvalue weighted by atomic mass is 10.1. The number of carbonyl (C=O) groups is 3. The highest BCUT2D eigenvalue weighted by atomic mass is 16.5. The minimum absolute atomic E-state index is 0.0126. The highest BCUT2D eigenvalue weighted by molar-refractivity contribution is 5.87. The van der Waals surface area contributed by atoms with E-state index in [9.17, 15) is 14.4 Å². The zero-order valence-electron chi connectivity index (χ0n) is 10.7. The van der Waals surface area contributed by atoms with Crippen molar-refractivity contribution < 1.29 is 29.0 Å². The van der Waals surface area contributed by atoms with Crippen LogP contribution >= 0.6 is 0 Å². The molecular weight excluding hydrogens is 256 g/mol. The van der Waals surface area contributed by atoms with Gasteiger partial charge in [-0.1, -0.05) is 0 Å². The Balaban J connectivity index is 2.45. The van der Waals surface area contributed by atoms with Crippen molar-refractivity contribution in [2.24, 2.45) is 0 Å². The van der Waals surface area contributed by atoms with Gasteiger partial charge in [0.05, 0.1) is 20.3 Å². The van der Waals surface area contributed by atoms with E-state index in [0.717, 1.165) is 0 Å². The number of ether oxygens (including phenoxy) is 2. The molecule has 0 aromatic rings. The number of carboxylic acid groups (broad SMARTS) is 1. The summed E-state index contributed by atoms with van der Waals surface area (Å²) in [7, 11) is 1.22. The molecule has 1 rings (SSSR count). The van der Waals surface area contributed by atoms with Gasteiger partial charge in [0.15, 0.2) is 0 Å². The third-order valence-corrected chi connectivity index (χ3v) is 2.72. The second kappa shape index (κ2) is 7.70. The predicted molar refractivity (Wildman–Crippen MR) is 63.4 cm³/mol. The zero-order chi connectivity index (χ0) is 14.3. The van der Waals surface area contributed by atoms with Crippen LogP contribution in [-0.4, -0.2) is 61.9 Å². The van der Waals surface area contributed by atoms with Crippen LogP contribution in [0, 0.1) is 0 Å². The number of morpholine rings is 1. The van der Waals surface area contributed by atoms with Gasteiger partial charge < -0.3 is 25.2 Å². The Morgan fingerprint density at radius 2 is 2.26 bits per heavy atom. The standard InChI is InChI=1S/C11H18N2O6/c1-18-9(14)3-2-7(11(16)17)13-10(15)8-6-19-5-4-12-8/h7-8,12H,2-6H2,1H3,(H,13,15)(H,16,17)/t7-,8?/m0/s1. The molecule has 0 aliphatic carbocycles. The Labute approximate surface area is 110 Å². The first-order valence-corrected chi connectivity index (χ1v) is 5.95. The summed E-state index contributed by atoms with van der Waals surface area (Å²) in [4.78, 5) is 33.8. The lowest BCUT2D eigenvalue weighted by Gasteiger charge is -2.24. The quantitative estimate of drug-likeness (QED) is 0.505. The first kappa shape index (κ1) is 15.4. The van der Waals surface area contributed by atoms with Gasteiger partial charge in [0.2, 0.25) is 5.91 Å². The number of aliphatic carboxylic acids is 1. The molecule has 1 saturated heterocycles. The molecule has 2 atom stereocenters. The molecule has 1 heterocycles. The Bertz CT molecular complexity index is 340. The fraction of sp³-hybridized carbons (Fsp3) is 0.727. The van der Waals surface area contributed by atoms with Gasteiger partial charge in [-0.15, -0.1) is 0 Å². The molecule has 0 aromatic carbocycles. The molecule has 0 saturated carbocycles. The summed E-state index contributed by atoms with van der Waals surface area (Å²) in [6, 6.07) is -1.68. The summed E-state index contributed by atoms with van der Waals surface area (Å²) < 4.78 is 9.54. The van der Waals surface area contributed by atoms with E-state index in [-0.39, 0.29) is 19.4 Å². The van der Waals surface area contributed by atoms with Crippen molar-refractivity contribution in [3.8, 4) is 0 Å². The van der Waals surface area contributed by atoms with Gasteiger partial charge in [0.25, 0.3) is 0 Å². The number of hydrogen-bond acceptors (Lipinski definition) is 6. The van der Waals surface area contributed by atoms with Crippen molar-refractivity contribution in [3.63, 3.8) is 0 Å². The lowest BCUT2D eigenvalue weighted by molar-refractivity contribution is -0.144. The first-order valence-electron chi connectivity index (χ1n) is 5.95. The van der Waals surface area contributed by atoms with Gasteiger partial charge >= 0.3 is 11.9 Å². The fourth-order valence-corrected chi connectivity index (χ4v) is 1.63. The second-order valence-corrected chi connectivity index (χ2v) is 4.10. The Kier molecular flexibility index (Phi) is 6.23. The van der Waals surface area contributed by atoms with Gasteiger partial charge in [-0.05, 0) is 6.42 Å². The van der Waals surface area contributed by atoms with Crippen LogP contribution < -0.4 is 10.6 Å². The third-order valence-electron chi connectivity index (χ3n) is 2.72. The van der Waals surface area contributed by atoms with E-state index < -0.39 is 29.9 Å². The minimum atomic E-state index is -1.19. The van der Waals surface area contributed by atoms with Crippen LogP contribution in [0.1, 0.15) is 12.8 Å². The van der Waals surface area contributed by atoms with Crippen molar-refractivity contribution in [2.75, 3.05) is 26.9 Å². The molecular formula is C11H18N2O6. The van der Waals surface area contributed by atoms with Crippen molar-refractivity contribution in [2.45, 2.75) is 24.9 Å². The van der Waals surface area contributed by atoms with Crippen molar-refractivity contribution >= 4 is 17.8 Å². The van der Waals surface area contributed by atoms with Crippen LogP contribution in [0.4, 0.5) is 0 Å². The third kappa shape index (κ3) is 5.23. The van der Waals surface area contributed by atoms with Crippen LogP contribution in [0.3, 0.4) is 0 Å². The average Bonchev–Trinajstić information content (AvgIpc) is 2.43. The van der Waals surface area contributed by atoms with Gasteiger partial charge in [-0.2, -0.15) is 0 Å². The van der Waals surface area contributed by atoms with Gasteiger partial charge in [0.1, 0.15) is 12.1 Å². The van der Waals surface area contributed by atoms with Crippen LogP contribution in [-0.2, 0) is 23.9 Å². The van der Waals surface area contributed by atoms with E-state index in [2.05, 4.69) is 15.4 Å². The molecule has 0 bridgehead atoms. The molecule has 0 aromatic heterocycles. The Morgan fingerprint density at radius 1 is 1.53 bits per heavy atom. The molecule has 1 aliphatic heterocycles. The molecule has 1 aliphatic rings. The molecule has 8 nitrogen and oxygen atoms in total. The molecule has 0 spiro atoms. The summed E-state index contributed by atoms with van der Waals surface area (Å²) in [5.41, 5.74) is 0. The number of methoxy groups -OCH3 is 1. The lowest BCUT2D eigenvalue weighted by Crippen LogP contribution is -2.54. The van der Waals surface area contributed by atoms with E-state index in [1.807, 2.05) is 0 Å². The number of amides is 1. The first-order chi connectivity index (χ1) is 9.04. The molecule has 8 heteroatoms. The summed E-state index contributed by atoms with van der Waals surface area (Å²) in [5.74, 6) is -2.15. The molecule has 19 heavy (non-hydrogen) atoms. The maximum atomic E-state index is 11.8. The largest absolute Gasteiger partial charge is 0.480 e. The molecule has 1 amide bonds. The maximum Gasteiger partial charge on any atom is 0.326 e. The van der Waals surface area contributed by atoms with Crippen molar-refractivity contribution in [1.82, 2.24) is 10.6 Å². The summed E-state index contributed by atoms with van der Waals surface area (Å²) >= 11 is 0.